The molecular weight excluding hydrogens is 457 g/mol. The topological polar surface area (TPSA) is 78.8 Å². The van der Waals surface area contributed by atoms with E-state index in [9.17, 15) is 13.2 Å². The minimum Gasteiger partial charge on any atom is -0.271 e. The highest BCUT2D eigenvalue weighted by atomic mass is 35.5. The van der Waals surface area contributed by atoms with Gasteiger partial charge in [-0.3, -0.25) is 9.10 Å². The number of amides is 1. The fraction of sp³-hybridized carbons (Fsp3) is 0.0909. The molecule has 0 aliphatic carbocycles. The molecule has 0 saturated heterocycles. The molecule has 0 atom stereocenters. The van der Waals surface area contributed by atoms with Crippen LogP contribution in [0.1, 0.15) is 11.1 Å². The summed E-state index contributed by atoms with van der Waals surface area (Å²) < 4.78 is 27.7. The van der Waals surface area contributed by atoms with Gasteiger partial charge in [0.05, 0.1) is 16.8 Å². The molecule has 0 bridgehead atoms. The highest BCUT2D eigenvalue weighted by Gasteiger charge is 2.28. The van der Waals surface area contributed by atoms with E-state index in [1.54, 1.807) is 61.5 Å². The summed E-state index contributed by atoms with van der Waals surface area (Å²) in [6.07, 6.45) is 1.39. The Morgan fingerprint density at radius 2 is 1.71 bits per heavy atom. The summed E-state index contributed by atoms with van der Waals surface area (Å²) in [5.41, 5.74) is 3.92. The predicted molar refractivity (Wildman–Crippen MR) is 124 cm³/mol. The van der Waals surface area contributed by atoms with Gasteiger partial charge in [-0.1, -0.05) is 65.7 Å². The van der Waals surface area contributed by atoms with Crippen LogP contribution in [0, 0.1) is 6.92 Å². The number of hydrogen-bond acceptors (Lipinski definition) is 4. The number of carbonyl (C=O) groups excluding carboxylic acids is 1. The molecular formula is C22H19Cl2N3O3S. The van der Waals surface area contributed by atoms with Crippen molar-refractivity contribution < 1.29 is 13.2 Å². The van der Waals surface area contributed by atoms with Gasteiger partial charge in [-0.25, -0.2) is 13.8 Å². The molecule has 3 aromatic rings. The van der Waals surface area contributed by atoms with Gasteiger partial charge < -0.3 is 0 Å². The summed E-state index contributed by atoms with van der Waals surface area (Å²) in [5.74, 6) is -0.623. The summed E-state index contributed by atoms with van der Waals surface area (Å²) in [4.78, 5) is 12.6. The van der Waals surface area contributed by atoms with Crippen LogP contribution in [-0.4, -0.2) is 27.1 Å². The van der Waals surface area contributed by atoms with Gasteiger partial charge in [0.1, 0.15) is 6.54 Å². The molecule has 0 aliphatic rings. The van der Waals surface area contributed by atoms with E-state index >= 15 is 0 Å². The molecule has 0 heterocycles. The third-order valence-corrected chi connectivity index (χ3v) is 6.71. The maximum atomic E-state index is 13.3. The van der Waals surface area contributed by atoms with E-state index in [1.165, 1.54) is 24.4 Å². The highest BCUT2D eigenvalue weighted by Crippen LogP contribution is 2.29. The number of hydrazone groups is 1. The van der Waals surface area contributed by atoms with Crippen LogP contribution < -0.4 is 9.73 Å². The SMILES string of the molecule is Cc1ccc(Cl)cc1N(CC(=O)N/N=C\c1ccccc1Cl)S(=O)(=O)c1ccccc1. The maximum absolute atomic E-state index is 13.3. The lowest BCUT2D eigenvalue weighted by Gasteiger charge is -2.25. The van der Waals surface area contributed by atoms with Crippen molar-refractivity contribution in [1.29, 1.82) is 0 Å². The van der Waals surface area contributed by atoms with Gasteiger partial charge in [0.25, 0.3) is 15.9 Å². The summed E-state index contributed by atoms with van der Waals surface area (Å²) in [5, 5.41) is 4.72. The molecule has 160 valence electrons. The third-order valence-electron chi connectivity index (χ3n) is 4.36. The largest absolute Gasteiger partial charge is 0.271 e. The smallest absolute Gasteiger partial charge is 0.264 e. The van der Waals surface area contributed by atoms with E-state index in [2.05, 4.69) is 10.5 Å². The van der Waals surface area contributed by atoms with Gasteiger partial charge in [-0.2, -0.15) is 5.10 Å². The molecule has 0 aliphatic heterocycles. The molecule has 0 aromatic heterocycles. The predicted octanol–water partition coefficient (Wildman–Crippen LogP) is 4.65. The van der Waals surface area contributed by atoms with Gasteiger partial charge in [0.2, 0.25) is 0 Å². The molecule has 3 aromatic carbocycles. The van der Waals surface area contributed by atoms with Crippen LogP contribution in [0.15, 0.2) is 82.8 Å². The van der Waals surface area contributed by atoms with Crippen LogP contribution in [0.3, 0.4) is 0 Å². The molecule has 6 nitrogen and oxygen atoms in total. The molecule has 1 N–H and O–H groups in total. The lowest BCUT2D eigenvalue weighted by molar-refractivity contribution is -0.119. The van der Waals surface area contributed by atoms with Crippen LogP contribution in [0.4, 0.5) is 5.69 Å². The van der Waals surface area contributed by atoms with E-state index in [0.717, 1.165) is 4.31 Å². The second kappa shape index (κ2) is 9.96. The molecule has 0 radical (unpaired) electrons. The Kier molecular flexibility index (Phi) is 7.33. The molecule has 3 rings (SSSR count). The summed E-state index contributed by atoms with van der Waals surface area (Å²) in [6.45, 7) is 1.25. The van der Waals surface area contributed by atoms with E-state index in [4.69, 9.17) is 23.2 Å². The Morgan fingerprint density at radius 3 is 2.42 bits per heavy atom. The zero-order valence-corrected chi connectivity index (χ0v) is 18.8. The number of anilines is 1. The minimum atomic E-state index is -4.03. The Morgan fingerprint density at radius 1 is 1.03 bits per heavy atom. The van der Waals surface area contributed by atoms with Crippen molar-refractivity contribution in [2.45, 2.75) is 11.8 Å². The molecule has 0 unspecified atom stereocenters. The molecule has 0 spiro atoms. The highest BCUT2D eigenvalue weighted by molar-refractivity contribution is 7.92. The average molecular weight is 476 g/mol. The van der Waals surface area contributed by atoms with Gasteiger partial charge >= 0.3 is 0 Å². The fourth-order valence-corrected chi connectivity index (χ4v) is 4.64. The number of nitrogens with zero attached hydrogens (tertiary/aromatic N) is 2. The van der Waals surface area contributed by atoms with E-state index in [-0.39, 0.29) is 4.90 Å². The summed E-state index contributed by atoms with van der Waals surface area (Å²) in [6, 6.07) is 19.7. The maximum Gasteiger partial charge on any atom is 0.264 e. The number of aryl methyl sites for hydroxylation is 1. The summed E-state index contributed by atoms with van der Waals surface area (Å²) in [7, 11) is -4.03. The fourth-order valence-electron chi connectivity index (χ4n) is 2.79. The van der Waals surface area contributed by atoms with Crippen molar-refractivity contribution in [2.24, 2.45) is 5.10 Å². The average Bonchev–Trinajstić information content (AvgIpc) is 2.76. The van der Waals surface area contributed by atoms with Crippen molar-refractivity contribution in [3.63, 3.8) is 0 Å². The van der Waals surface area contributed by atoms with Gasteiger partial charge in [0.15, 0.2) is 0 Å². The van der Waals surface area contributed by atoms with E-state index < -0.39 is 22.5 Å². The van der Waals surface area contributed by atoms with E-state index in [1.807, 2.05) is 0 Å². The first kappa shape index (κ1) is 22.8. The van der Waals surface area contributed by atoms with Crippen LogP contribution in [0.2, 0.25) is 10.0 Å². The monoisotopic (exact) mass is 475 g/mol. The minimum absolute atomic E-state index is 0.0572. The van der Waals surface area contributed by atoms with Crippen molar-refractivity contribution in [1.82, 2.24) is 5.43 Å². The second-order valence-corrected chi connectivity index (χ2v) is 9.28. The standard InChI is InChI=1S/C22H19Cl2N3O3S/c1-16-11-12-18(23)13-21(16)27(31(29,30)19-8-3-2-4-9-19)15-22(28)26-25-14-17-7-5-6-10-20(17)24/h2-14H,15H2,1H3,(H,26,28)/b25-14-. The number of benzene rings is 3. The number of halogens is 2. The first-order chi connectivity index (χ1) is 14.8. The number of sulfonamides is 1. The van der Waals surface area contributed by atoms with Crippen molar-refractivity contribution >= 4 is 51.0 Å². The Hall–Kier alpha value is -2.87. The molecule has 31 heavy (non-hydrogen) atoms. The lowest BCUT2D eigenvalue weighted by Crippen LogP contribution is -2.40. The number of nitrogens with one attached hydrogen (secondary N) is 1. The summed E-state index contributed by atoms with van der Waals surface area (Å²) >= 11 is 12.2. The lowest BCUT2D eigenvalue weighted by atomic mass is 10.2. The third kappa shape index (κ3) is 5.64. The van der Waals surface area contributed by atoms with Crippen molar-refractivity contribution in [3.05, 3.63) is 94.0 Å². The van der Waals surface area contributed by atoms with Gasteiger partial charge in [0, 0.05) is 15.6 Å². The van der Waals surface area contributed by atoms with Crippen LogP contribution in [-0.2, 0) is 14.8 Å². The van der Waals surface area contributed by atoms with Crippen LogP contribution in [0.25, 0.3) is 0 Å². The van der Waals surface area contributed by atoms with Crippen molar-refractivity contribution in [3.8, 4) is 0 Å². The zero-order chi connectivity index (χ0) is 22.4. The quantitative estimate of drug-likeness (QED) is 0.399. The zero-order valence-electron chi connectivity index (χ0n) is 16.5. The van der Waals surface area contributed by atoms with E-state index in [0.29, 0.717) is 26.9 Å². The van der Waals surface area contributed by atoms with Gasteiger partial charge in [-0.05, 0) is 42.8 Å². The number of hydrogen-bond donors (Lipinski definition) is 1. The first-order valence-corrected chi connectivity index (χ1v) is 11.4. The molecule has 9 heteroatoms. The molecule has 0 saturated carbocycles. The molecule has 1 amide bonds. The van der Waals surface area contributed by atoms with Gasteiger partial charge in [-0.15, -0.1) is 0 Å². The number of carbonyl (C=O) groups is 1. The van der Waals surface area contributed by atoms with Crippen molar-refractivity contribution in [2.75, 3.05) is 10.8 Å². The number of rotatable bonds is 7. The Balaban J connectivity index is 1.89. The van der Waals surface area contributed by atoms with Crippen LogP contribution >= 0.6 is 23.2 Å². The van der Waals surface area contributed by atoms with Crippen LogP contribution in [0.5, 0.6) is 0 Å². The second-order valence-electron chi connectivity index (χ2n) is 6.57. The molecule has 0 fully saturated rings. The normalized spacial score (nSPS) is 11.5. The first-order valence-electron chi connectivity index (χ1n) is 9.19. The Labute approximate surface area is 191 Å². The Bertz CT molecular complexity index is 1220.